The zero-order valence-corrected chi connectivity index (χ0v) is 20.1. The Bertz CT molecular complexity index is 1310. The smallest absolute Gasteiger partial charge is 0.261 e. The van der Waals surface area contributed by atoms with Gasteiger partial charge in [0.15, 0.2) is 0 Å². The molecule has 180 valence electrons. The standard InChI is InChI=1S/C23H24N8O3S/c1-3-4-5-6-21(32)25-15-10-20(35-13-15)18-12-24-11-17(26-18)14-7-8-16(19(9-14)34-2)22(33)27-23-28-30-31-29-23/h7-13H,3-6H2,1-2H3,(H,25,32)(H2,27,28,29,30,31,33). The van der Waals surface area contributed by atoms with Crippen molar-refractivity contribution < 1.29 is 14.3 Å². The molecule has 4 aromatic rings. The molecule has 0 saturated carbocycles. The second kappa shape index (κ2) is 11.3. The summed E-state index contributed by atoms with van der Waals surface area (Å²) in [6, 6.07) is 7.01. The first-order chi connectivity index (χ1) is 17.1. The van der Waals surface area contributed by atoms with E-state index in [9.17, 15) is 9.59 Å². The van der Waals surface area contributed by atoms with E-state index in [0.717, 1.165) is 35.4 Å². The van der Waals surface area contributed by atoms with Gasteiger partial charge in [0.25, 0.3) is 5.91 Å². The Kier molecular flexibility index (Phi) is 7.73. The number of hydrogen-bond donors (Lipinski definition) is 3. The third-order valence-corrected chi connectivity index (χ3v) is 6.05. The van der Waals surface area contributed by atoms with Crippen LogP contribution in [0, 0.1) is 0 Å². The molecule has 0 fully saturated rings. The minimum Gasteiger partial charge on any atom is -0.496 e. The number of carbonyl (C=O) groups is 2. The molecule has 1 aromatic carbocycles. The lowest BCUT2D eigenvalue weighted by Crippen LogP contribution is -2.14. The highest BCUT2D eigenvalue weighted by Gasteiger charge is 2.16. The van der Waals surface area contributed by atoms with E-state index >= 15 is 0 Å². The number of H-pyrrole nitrogens is 1. The fourth-order valence-electron chi connectivity index (χ4n) is 3.34. The normalized spacial score (nSPS) is 10.7. The third kappa shape index (κ3) is 6.03. The molecule has 3 aromatic heterocycles. The highest BCUT2D eigenvalue weighted by Crippen LogP contribution is 2.31. The fraction of sp³-hybridized carbons (Fsp3) is 0.261. The van der Waals surface area contributed by atoms with E-state index in [1.807, 2.05) is 11.4 Å². The molecule has 35 heavy (non-hydrogen) atoms. The summed E-state index contributed by atoms with van der Waals surface area (Å²) < 4.78 is 5.43. The number of tetrazole rings is 1. The van der Waals surface area contributed by atoms with Crippen molar-refractivity contribution >= 4 is 34.8 Å². The number of methoxy groups -OCH3 is 1. The van der Waals surface area contributed by atoms with E-state index in [1.54, 1.807) is 30.6 Å². The van der Waals surface area contributed by atoms with Crippen molar-refractivity contribution in [2.45, 2.75) is 32.6 Å². The van der Waals surface area contributed by atoms with Crippen LogP contribution < -0.4 is 15.4 Å². The van der Waals surface area contributed by atoms with E-state index in [0.29, 0.717) is 29.1 Å². The van der Waals surface area contributed by atoms with Crippen LogP contribution in [-0.2, 0) is 4.79 Å². The number of benzene rings is 1. The van der Waals surface area contributed by atoms with Crippen LogP contribution in [0.3, 0.4) is 0 Å². The molecule has 0 saturated heterocycles. The van der Waals surface area contributed by atoms with Crippen LogP contribution in [0.5, 0.6) is 5.75 Å². The number of aromatic nitrogens is 6. The Morgan fingerprint density at radius 1 is 1.11 bits per heavy atom. The molecule has 2 amide bonds. The van der Waals surface area contributed by atoms with Crippen molar-refractivity contribution in [3.63, 3.8) is 0 Å². The largest absolute Gasteiger partial charge is 0.496 e. The van der Waals surface area contributed by atoms with Crippen LogP contribution in [-0.4, -0.2) is 49.5 Å². The Hall–Kier alpha value is -4.19. The zero-order valence-electron chi connectivity index (χ0n) is 19.2. The summed E-state index contributed by atoms with van der Waals surface area (Å²) in [5.74, 6) is 0.0871. The number of nitrogens with one attached hydrogen (secondary N) is 3. The molecule has 0 aliphatic heterocycles. The van der Waals surface area contributed by atoms with E-state index in [2.05, 4.69) is 43.2 Å². The van der Waals surface area contributed by atoms with Crippen LogP contribution in [0.15, 0.2) is 42.0 Å². The van der Waals surface area contributed by atoms with Crippen molar-refractivity contribution in [2.24, 2.45) is 0 Å². The molecule has 3 heterocycles. The van der Waals surface area contributed by atoms with E-state index in [-0.39, 0.29) is 11.9 Å². The molecule has 0 unspecified atom stereocenters. The van der Waals surface area contributed by atoms with E-state index in [4.69, 9.17) is 9.72 Å². The van der Waals surface area contributed by atoms with Gasteiger partial charge in [-0.25, -0.2) is 10.1 Å². The monoisotopic (exact) mass is 492 g/mol. The molecular formula is C23H24N8O3S. The van der Waals surface area contributed by atoms with Gasteiger partial charge in [-0.1, -0.05) is 30.9 Å². The van der Waals surface area contributed by atoms with E-state index in [1.165, 1.54) is 18.4 Å². The van der Waals surface area contributed by atoms with Crippen molar-refractivity contribution in [2.75, 3.05) is 17.7 Å². The quantitative estimate of drug-likeness (QED) is 0.279. The number of unbranched alkanes of at least 4 members (excludes halogenated alkanes) is 2. The number of nitrogens with zero attached hydrogens (tertiary/aromatic N) is 5. The lowest BCUT2D eigenvalue weighted by atomic mass is 10.1. The van der Waals surface area contributed by atoms with Gasteiger partial charge in [-0.3, -0.25) is 19.9 Å². The second-order valence-electron chi connectivity index (χ2n) is 7.61. The van der Waals surface area contributed by atoms with Crippen LogP contribution in [0.25, 0.3) is 21.8 Å². The van der Waals surface area contributed by atoms with Crippen LogP contribution in [0.4, 0.5) is 11.6 Å². The summed E-state index contributed by atoms with van der Waals surface area (Å²) >= 11 is 1.48. The zero-order chi connectivity index (χ0) is 24.6. The molecule has 4 rings (SSSR count). The number of anilines is 2. The number of aromatic amines is 1. The summed E-state index contributed by atoms with van der Waals surface area (Å²) in [5.41, 5.74) is 3.09. The summed E-state index contributed by atoms with van der Waals surface area (Å²) in [5, 5.41) is 20.4. The topological polar surface area (TPSA) is 148 Å². The summed E-state index contributed by atoms with van der Waals surface area (Å²) in [4.78, 5) is 34.6. The number of amides is 2. The first-order valence-corrected chi connectivity index (χ1v) is 11.9. The number of rotatable bonds is 10. The van der Waals surface area contributed by atoms with Crippen molar-refractivity contribution in [1.82, 2.24) is 30.6 Å². The van der Waals surface area contributed by atoms with Crippen molar-refractivity contribution in [3.05, 3.63) is 47.6 Å². The Morgan fingerprint density at radius 2 is 1.97 bits per heavy atom. The van der Waals surface area contributed by atoms with Crippen molar-refractivity contribution in [1.29, 1.82) is 0 Å². The molecule has 0 atom stereocenters. The first-order valence-electron chi connectivity index (χ1n) is 11.0. The van der Waals surface area contributed by atoms with Gasteiger partial charge >= 0.3 is 0 Å². The number of ether oxygens (including phenoxy) is 1. The first kappa shape index (κ1) is 24.0. The highest BCUT2D eigenvalue weighted by atomic mass is 32.1. The van der Waals surface area contributed by atoms with E-state index < -0.39 is 5.91 Å². The average Bonchev–Trinajstić information content (AvgIpc) is 3.56. The van der Waals surface area contributed by atoms with Gasteiger partial charge in [0.05, 0.1) is 47.0 Å². The Balaban J connectivity index is 1.50. The molecule has 0 radical (unpaired) electrons. The summed E-state index contributed by atoms with van der Waals surface area (Å²) in [6.07, 6.45) is 6.83. The van der Waals surface area contributed by atoms with Gasteiger partial charge in [-0.05, 0) is 35.0 Å². The maximum atomic E-state index is 12.6. The predicted octanol–water partition coefficient (Wildman–Crippen LogP) is 4.16. The van der Waals surface area contributed by atoms with Gasteiger partial charge < -0.3 is 10.1 Å². The molecule has 11 nitrogen and oxygen atoms in total. The average molecular weight is 493 g/mol. The van der Waals surface area contributed by atoms with Crippen LogP contribution >= 0.6 is 11.3 Å². The van der Waals surface area contributed by atoms with Crippen molar-refractivity contribution in [3.8, 4) is 27.6 Å². The minimum absolute atomic E-state index is 0.0124. The molecular weight excluding hydrogens is 468 g/mol. The summed E-state index contributed by atoms with van der Waals surface area (Å²) in [7, 11) is 1.48. The van der Waals surface area contributed by atoms with Gasteiger partial charge in [-0.2, -0.15) is 0 Å². The molecule has 0 spiro atoms. The maximum Gasteiger partial charge on any atom is 0.261 e. The second-order valence-corrected chi connectivity index (χ2v) is 8.52. The Morgan fingerprint density at radius 3 is 2.74 bits per heavy atom. The van der Waals surface area contributed by atoms with Crippen LogP contribution in [0.2, 0.25) is 0 Å². The number of thiophene rings is 1. The van der Waals surface area contributed by atoms with Gasteiger partial charge in [0.2, 0.25) is 11.9 Å². The molecule has 3 N–H and O–H groups in total. The lowest BCUT2D eigenvalue weighted by molar-refractivity contribution is -0.116. The maximum absolute atomic E-state index is 12.6. The predicted molar refractivity (Wildman–Crippen MR) is 132 cm³/mol. The van der Waals surface area contributed by atoms with Crippen LogP contribution in [0.1, 0.15) is 43.0 Å². The molecule has 0 aliphatic carbocycles. The van der Waals surface area contributed by atoms with Gasteiger partial charge in [-0.15, -0.1) is 11.3 Å². The summed E-state index contributed by atoms with van der Waals surface area (Å²) in [6.45, 7) is 2.11. The number of carbonyl (C=O) groups excluding carboxylic acids is 2. The third-order valence-electron chi connectivity index (χ3n) is 5.10. The minimum atomic E-state index is -0.422. The number of hydrogen-bond acceptors (Lipinski definition) is 9. The molecule has 0 aliphatic rings. The molecule has 0 bridgehead atoms. The Labute approximate surface area is 205 Å². The van der Waals surface area contributed by atoms with Gasteiger partial charge in [0, 0.05) is 17.4 Å². The highest BCUT2D eigenvalue weighted by molar-refractivity contribution is 7.14. The lowest BCUT2D eigenvalue weighted by Gasteiger charge is -2.10. The van der Waals surface area contributed by atoms with Gasteiger partial charge in [0.1, 0.15) is 5.75 Å². The molecule has 12 heteroatoms. The SMILES string of the molecule is CCCCCC(=O)Nc1csc(-c2cncc(-c3ccc(C(=O)Nc4nnn[nH]4)c(OC)c3)n2)c1. The fourth-order valence-corrected chi connectivity index (χ4v) is 4.14.